The highest BCUT2D eigenvalue weighted by Crippen LogP contribution is 2.26. The largest absolute Gasteiger partial charge is 0.508 e. The lowest BCUT2D eigenvalue weighted by atomic mass is 9.94. The monoisotopic (exact) mass is 309 g/mol. The van der Waals surface area contributed by atoms with Gasteiger partial charge in [0.2, 0.25) is 5.91 Å². The van der Waals surface area contributed by atoms with Gasteiger partial charge in [-0.25, -0.2) is 4.79 Å². The smallest absolute Gasteiger partial charge is 0.328 e. The molecule has 0 heterocycles. The van der Waals surface area contributed by atoms with E-state index in [2.05, 4.69) is 0 Å². The Kier molecular flexibility index (Phi) is 5.54. The molecule has 0 bridgehead atoms. The van der Waals surface area contributed by atoms with E-state index in [0.29, 0.717) is 5.56 Å². The topological polar surface area (TPSA) is 98.1 Å². The number of phenolic OH excluding ortho intramolecular Hbond substituents is 1. The van der Waals surface area contributed by atoms with Crippen molar-refractivity contribution in [3.8, 4) is 5.75 Å². The SMILES string of the molecule is CC(C(=O)N([C@@H](CO)C(=O)O)C(C)(C)C)c1ccc(O)cc1. The summed E-state index contributed by atoms with van der Waals surface area (Å²) in [5.74, 6) is -2.13. The minimum atomic E-state index is -1.30. The van der Waals surface area contributed by atoms with E-state index < -0.39 is 30.1 Å². The number of phenols is 1. The zero-order valence-electron chi connectivity index (χ0n) is 13.3. The molecule has 6 nitrogen and oxygen atoms in total. The van der Waals surface area contributed by atoms with Gasteiger partial charge in [-0.05, 0) is 45.4 Å². The molecule has 0 spiro atoms. The number of hydrogen-bond donors (Lipinski definition) is 3. The average Bonchev–Trinajstić information content (AvgIpc) is 2.42. The van der Waals surface area contributed by atoms with Crippen molar-refractivity contribution in [3.63, 3.8) is 0 Å². The van der Waals surface area contributed by atoms with Gasteiger partial charge in [-0.15, -0.1) is 0 Å². The molecule has 0 aliphatic heterocycles. The van der Waals surface area contributed by atoms with Crippen molar-refractivity contribution >= 4 is 11.9 Å². The summed E-state index contributed by atoms with van der Waals surface area (Å²) >= 11 is 0. The van der Waals surface area contributed by atoms with Crippen LogP contribution in [0.15, 0.2) is 24.3 Å². The molecule has 0 fully saturated rings. The predicted octanol–water partition coefficient (Wildman–Crippen LogP) is 1.57. The van der Waals surface area contributed by atoms with Gasteiger partial charge in [0.25, 0.3) is 0 Å². The van der Waals surface area contributed by atoms with Crippen LogP contribution in [0, 0.1) is 0 Å². The second kappa shape index (κ2) is 6.79. The summed E-state index contributed by atoms with van der Waals surface area (Å²) in [6.07, 6.45) is 0. The fourth-order valence-electron chi connectivity index (χ4n) is 2.34. The van der Waals surface area contributed by atoms with Crippen LogP contribution in [0.5, 0.6) is 5.75 Å². The van der Waals surface area contributed by atoms with E-state index in [4.69, 9.17) is 0 Å². The molecule has 0 saturated carbocycles. The molecule has 0 aliphatic rings. The summed E-state index contributed by atoms with van der Waals surface area (Å²) in [4.78, 5) is 25.3. The van der Waals surface area contributed by atoms with Crippen LogP contribution in [0.4, 0.5) is 0 Å². The standard InChI is InChI=1S/C16H23NO5/c1-10(11-5-7-12(19)8-6-11)14(20)17(16(2,3)4)13(9-18)15(21)22/h5-8,10,13,18-19H,9H2,1-4H3,(H,21,22)/t10?,13-/m0/s1. The van der Waals surface area contributed by atoms with Gasteiger partial charge in [-0.3, -0.25) is 4.79 Å². The highest BCUT2D eigenvalue weighted by molar-refractivity contribution is 5.88. The average molecular weight is 309 g/mol. The minimum absolute atomic E-state index is 0.0925. The van der Waals surface area contributed by atoms with Crippen molar-refractivity contribution in [1.29, 1.82) is 0 Å². The minimum Gasteiger partial charge on any atom is -0.508 e. The number of aliphatic hydroxyl groups is 1. The molecule has 0 aliphatic carbocycles. The Morgan fingerprint density at radius 3 is 2.05 bits per heavy atom. The predicted molar refractivity (Wildman–Crippen MR) is 81.6 cm³/mol. The zero-order chi connectivity index (χ0) is 17.1. The third-order valence-corrected chi connectivity index (χ3v) is 3.49. The third-order valence-electron chi connectivity index (χ3n) is 3.49. The van der Waals surface area contributed by atoms with Crippen LogP contribution < -0.4 is 0 Å². The Balaban J connectivity index is 3.16. The van der Waals surface area contributed by atoms with Crippen molar-refractivity contribution in [3.05, 3.63) is 29.8 Å². The maximum atomic E-state index is 12.8. The Hall–Kier alpha value is -2.08. The first-order valence-corrected chi connectivity index (χ1v) is 7.05. The van der Waals surface area contributed by atoms with E-state index in [-0.39, 0.29) is 11.7 Å². The first-order chi connectivity index (χ1) is 10.1. The molecule has 6 heteroatoms. The molecule has 22 heavy (non-hydrogen) atoms. The number of hydrogen-bond acceptors (Lipinski definition) is 4. The number of carboxylic acid groups (broad SMARTS) is 1. The van der Waals surface area contributed by atoms with Crippen LogP contribution in [-0.4, -0.2) is 50.3 Å². The van der Waals surface area contributed by atoms with Gasteiger partial charge in [-0.1, -0.05) is 12.1 Å². The third kappa shape index (κ3) is 3.98. The number of aliphatic hydroxyl groups excluding tert-OH is 1. The van der Waals surface area contributed by atoms with Crippen LogP contribution >= 0.6 is 0 Å². The molecular formula is C16H23NO5. The molecule has 1 aromatic carbocycles. The lowest BCUT2D eigenvalue weighted by molar-refractivity contribution is -0.157. The summed E-state index contributed by atoms with van der Waals surface area (Å²) < 4.78 is 0. The number of carboxylic acids is 1. The molecule has 3 N–H and O–H groups in total. The summed E-state index contributed by atoms with van der Waals surface area (Å²) in [6.45, 7) is 6.19. The number of rotatable bonds is 5. The molecule has 122 valence electrons. The van der Waals surface area contributed by atoms with E-state index in [0.717, 1.165) is 0 Å². The van der Waals surface area contributed by atoms with E-state index in [1.807, 2.05) is 0 Å². The second-order valence-electron chi connectivity index (χ2n) is 6.23. The highest BCUT2D eigenvalue weighted by Gasteiger charge is 2.39. The maximum absolute atomic E-state index is 12.8. The van der Waals surface area contributed by atoms with Gasteiger partial charge in [0, 0.05) is 5.54 Å². The van der Waals surface area contributed by atoms with Gasteiger partial charge >= 0.3 is 5.97 Å². The molecule has 0 saturated heterocycles. The van der Waals surface area contributed by atoms with Crippen LogP contribution in [0.2, 0.25) is 0 Å². The number of amides is 1. The van der Waals surface area contributed by atoms with Crippen LogP contribution in [0.3, 0.4) is 0 Å². The van der Waals surface area contributed by atoms with Crippen LogP contribution in [0.25, 0.3) is 0 Å². The highest BCUT2D eigenvalue weighted by atomic mass is 16.4. The molecule has 1 aromatic rings. The van der Waals surface area contributed by atoms with Crippen LogP contribution in [-0.2, 0) is 9.59 Å². The number of nitrogens with zero attached hydrogens (tertiary/aromatic N) is 1. The zero-order valence-corrected chi connectivity index (χ0v) is 13.3. The van der Waals surface area contributed by atoms with Gasteiger partial charge < -0.3 is 20.2 Å². The number of carbonyl (C=O) groups excluding carboxylic acids is 1. The fraction of sp³-hybridized carbons (Fsp3) is 0.500. The Bertz CT molecular complexity index is 532. The van der Waals surface area contributed by atoms with Gasteiger partial charge in [-0.2, -0.15) is 0 Å². The normalized spacial score (nSPS) is 14.2. The second-order valence-corrected chi connectivity index (χ2v) is 6.23. The van der Waals surface area contributed by atoms with Crippen molar-refractivity contribution in [2.45, 2.75) is 45.2 Å². The Morgan fingerprint density at radius 2 is 1.68 bits per heavy atom. The fourth-order valence-corrected chi connectivity index (χ4v) is 2.34. The van der Waals surface area contributed by atoms with Gasteiger partial charge in [0.1, 0.15) is 5.75 Å². The van der Waals surface area contributed by atoms with Gasteiger partial charge in [0.05, 0.1) is 12.5 Å². The summed E-state index contributed by atoms with van der Waals surface area (Å²) in [7, 11) is 0. The maximum Gasteiger partial charge on any atom is 0.328 e. The molecule has 0 aromatic heterocycles. The molecule has 0 radical (unpaired) electrons. The van der Waals surface area contributed by atoms with E-state index >= 15 is 0 Å². The van der Waals surface area contributed by atoms with Crippen molar-refractivity contribution in [2.75, 3.05) is 6.61 Å². The van der Waals surface area contributed by atoms with Crippen molar-refractivity contribution < 1.29 is 24.9 Å². The first kappa shape index (κ1) is 18.0. The quantitative estimate of drug-likeness (QED) is 0.767. The molecular weight excluding hydrogens is 286 g/mol. The number of carbonyl (C=O) groups is 2. The summed E-state index contributed by atoms with van der Waals surface area (Å²) in [5, 5.41) is 27.9. The number of aromatic hydroxyl groups is 1. The lowest BCUT2D eigenvalue weighted by Gasteiger charge is -2.40. The van der Waals surface area contributed by atoms with E-state index in [9.17, 15) is 24.9 Å². The van der Waals surface area contributed by atoms with E-state index in [1.165, 1.54) is 17.0 Å². The number of benzene rings is 1. The van der Waals surface area contributed by atoms with Gasteiger partial charge in [0.15, 0.2) is 6.04 Å². The summed E-state index contributed by atoms with van der Waals surface area (Å²) in [6, 6.07) is 4.88. The number of aliphatic carboxylic acids is 1. The Labute approximate surface area is 130 Å². The lowest BCUT2D eigenvalue weighted by Crippen LogP contribution is -2.57. The van der Waals surface area contributed by atoms with Crippen LogP contribution in [0.1, 0.15) is 39.2 Å². The van der Waals surface area contributed by atoms with E-state index in [1.54, 1.807) is 39.8 Å². The molecule has 1 unspecified atom stereocenters. The van der Waals surface area contributed by atoms with Crippen molar-refractivity contribution in [2.24, 2.45) is 0 Å². The summed E-state index contributed by atoms with van der Waals surface area (Å²) in [5.41, 5.74) is -0.0900. The molecule has 2 atom stereocenters. The molecule has 1 amide bonds. The van der Waals surface area contributed by atoms with Crippen molar-refractivity contribution in [1.82, 2.24) is 4.90 Å². The Morgan fingerprint density at radius 1 is 1.18 bits per heavy atom. The molecule has 1 rings (SSSR count). The first-order valence-electron chi connectivity index (χ1n) is 7.05.